The zero-order valence-corrected chi connectivity index (χ0v) is 17.6. The molecule has 0 atom stereocenters. The zero-order valence-electron chi connectivity index (χ0n) is 16.8. The number of hydrogen-bond donors (Lipinski definition) is 2. The van der Waals surface area contributed by atoms with Crippen molar-refractivity contribution in [1.29, 1.82) is 0 Å². The minimum absolute atomic E-state index is 0.231. The first-order valence-corrected chi connectivity index (χ1v) is 11.2. The van der Waals surface area contributed by atoms with Crippen molar-refractivity contribution in [3.8, 4) is 5.69 Å². The van der Waals surface area contributed by atoms with Gasteiger partial charge in [0.2, 0.25) is 0 Å². The molecule has 158 valence electrons. The molecule has 5 aromatic rings. The fraction of sp³-hybridized carbons (Fsp3) is 0. The van der Waals surface area contributed by atoms with E-state index < -0.39 is 10.1 Å². The number of fused-ring (bicyclic) bond motifs is 3. The molecule has 0 saturated carbocycles. The highest BCUT2D eigenvalue weighted by Gasteiger charge is 2.14. The second-order valence-electron chi connectivity index (χ2n) is 7.34. The predicted molar refractivity (Wildman–Crippen MR) is 126 cm³/mol. The first kappa shape index (κ1) is 19.9. The largest absolute Gasteiger partial charge is 0.399 e. The van der Waals surface area contributed by atoms with Crippen LogP contribution in [0.4, 0.5) is 5.69 Å². The number of benzene rings is 4. The van der Waals surface area contributed by atoms with E-state index in [2.05, 4.69) is 10.2 Å². The first-order chi connectivity index (χ1) is 15.4. The third-order valence-electron chi connectivity index (χ3n) is 5.17. The monoisotopic (exact) mass is 442 g/mol. The van der Waals surface area contributed by atoms with Gasteiger partial charge in [-0.1, -0.05) is 60.7 Å². The van der Waals surface area contributed by atoms with Gasteiger partial charge in [-0.15, -0.1) is 10.2 Å². The zero-order chi connectivity index (χ0) is 22.3. The van der Waals surface area contributed by atoms with Gasteiger partial charge in [0.15, 0.2) is 0 Å². The lowest BCUT2D eigenvalue weighted by atomic mass is 10.1. The summed E-state index contributed by atoms with van der Waals surface area (Å²) in [5, 5.41) is 11.4. The molecule has 5 rings (SSSR count). The van der Waals surface area contributed by atoms with Crippen LogP contribution in [0.3, 0.4) is 0 Å². The van der Waals surface area contributed by atoms with E-state index in [0.29, 0.717) is 5.56 Å². The fourth-order valence-corrected chi connectivity index (χ4v) is 4.30. The molecule has 1 heterocycles. The first-order valence-electron chi connectivity index (χ1n) is 9.79. The van der Waals surface area contributed by atoms with E-state index in [1.54, 1.807) is 29.1 Å². The normalized spacial score (nSPS) is 12.2. The number of nitrogens with two attached hydrogens (primary N) is 1. The maximum absolute atomic E-state index is 11.6. The molecule has 0 amide bonds. The number of anilines is 1. The van der Waals surface area contributed by atoms with E-state index in [-0.39, 0.29) is 10.6 Å². The van der Waals surface area contributed by atoms with Crippen LogP contribution in [0.1, 0.15) is 11.1 Å². The summed E-state index contributed by atoms with van der Waals surface area (Å²) >= 11 is 0. The number of hydrogen-bond acceptors (Lipinski definition) is 5. The number of nitrogens with zero attached hydrogens (tertiary/aromatic N) is 3. The molecular formula is C24H18N4O3S. The van der Waals surface area contributed by atoms with Gasteiger partial charge in [-0.2, -0.15) is 13.2 Å². The molecule has 7 nitrogen and oxygen atoms in total. The second-order valence-corrected chi connectivity index (χ2v) is 8.73. The minimum Gasteiger partial charge on any atom is -0.399 e. The van der Waals surface area contributed by atoms with Crippen molar-refractivity contribution in [2.24, 2.45) is 0 Å². The van der Waals surface area contributed by atoms with Crippen LogP contribution in [-0.4, -0.2) is 28.0 Å². The molecule has 32 heavy (non-hydrogen) atoms. The Morgan fingerprint density at radius 3 is 2.44 bits per heavy atom. The van der Waals surface area contributed by atoms with Gasteiger partial charge in [-0.3, -0.25) is 4.55 Å². The summed E-state index contributed by atoms with van der Waals surface area (Å²) in [6.45, 7) is 0. The Bertz CT molecular complexity index is 1600. The summed E-state index contributed by atoms with van der Waals surface area (Å²) in [4.78, 5) is 1.37. The van der Waals surface area contributed by atoms with Gasteiger partial charge in [0.1, 0.15) is 15.9 Å². The summed E-state index contributed by atoms with van der Waals surface area (Å²) in [6.07, 6.45) is 3.37. The number of rotatable bonds is 4. The maximum atomic E-state index is 11.6. The summed E-state index contributed by atoms with van der Waals surface area (Å²) in [6, 6.07) is 23.9. The quantitative estimate of drug-likeness (QED) is 0.240. The number of nitrogen functional groups attached to an aromatic ring is 1. The van der Waals surface area contributed by atoms with Gasteiger partial charge in [0.25, 0.3) is 10.1 Å². The fourth-order valence-electron chi connectivity index (χ4n) is 3.58. The van der Waals surface area contributed by atoms with Crippen molar-refractivity contribution in [2.45, 2.75) is 4.90 Å². The van der Waals surface area contributed by atoms with Crippen molar-refractivity contribution in [2.75, 3.05) is 5.73 Å². The van der Waals surface area contributed by atoms with Crippen LogP contribution in [0.15, 0.2) is 83.8 Å². The van der Waals surface area contributed by atoms with Crippen LogP contribution in [0.2, 0.25) is 0 Å². The van der Waals surface area contributed by atoms with Gasteiger partial charge < -0.3 is 5.73 Å². The molecule has 0 aliphatic rings. The highest BCUT2D eigenvalue weighted by molar-refractivity contribution is 7.86. The van der Waals surface area contributed by atoms with Gasteiger partial charge in [-0.25, -0.2) is 0 Å². The molecule has 3 N–H and O–H groups in total. The summed E-state index contributed by atoms with van der Waals surface area (Å²) in [5.74, 6) is 0. The highest BCUT2D eigenvalue weighted by Crippen LogP contribution is 2.24. The average Bonchev–Trinajstić information content (AvgIpc) is 3.23. The SMILES string of the molecule is Nc1ccc(/C=C/c2ccc(-n3nc4ccc5ccccc5c4n3)cc2)c(S(=O)(=O)O)c1. The molecule has 1 aromatic heterocycles. The Labute approximate surface area is 184 Å². The molecule has 0 aliphatic carbocycles. The molecule has 0 unspecified atom stereocenters. The maximum Gasteiger partial charge on any atom is 0.295 e. The topological polar surface area (TPSA) is 111 Å². The lowest BCUT2D eigenvalue weighted by Gasteiger charge is -2.04. The number of aromatic nitrogens is 3. The summed E-state index contributed by atoms with van der Waals surface area (Å²) < 4.78 is 32.7. The van der Waals surface area contributed by atoms with Gasteiger partial charge in [0.05, 0.1) is 5.69 Å². The van der Waals surface area contributed by atoms with Crippen LogP contribution in [-0.2, 0) is 10.1 Å². The molecule has 0 spiro atoms. The van der Waals surface area contributed by atoms with E-state index in [1.165, 1.54) is 6.07 Å². The lowest BCUT2D eigenvalue weighted by Crippen LogP contribution is -2.02. The van der Waals surface area contributed by atoms with Gasteiger partial charge in [-0.05, 0) is 46.8 Å². The van der Waals surface area contributed by atoms with E-state index in [0.717, 1.165) is 33.1 Å². The van der Waals surface area contributed by atoms with Crippen molar-refractivity contribution in [1.82, 2.24) is 15.0 Å². The van der Waals surface area contributed by atoms with Crippen LogP contribution >= 0.6 is 0 Å². The molecule has 0 radical (unpaired) electrons. The predicted octanol–water partition coefficient (Wildman–Crippen LogP) is 4.57. The third kappa shape index (κ3) is 3.73. The van der Waals surface area contributed by atoms with Crippen LogP contribution in [0, 0.1) is 0 Å². The molecule has 0 aliphatic heterocycles. The van der Waals surface area contributed by atoms with E-state index in [4.69, 9.17) is 5.73 Å². The molecule has 0 fully saturated rings. The van der Waals surface area contributed by atoms with Crippen LogP contribution in [0.5, 0.6) is 0 Å². The van der Waals surface area contributed by atoms with Crippen molar-refractivity contribution >= 4 is 49.8 Å². The van der Waals surface area contributed by atoms with Crippen LogP contribution in [0.25, 0.3) is 39.6 Å². The van der Waals surface area contributed by atoms with Crippen molar-refractivity contribution in [3.63, 3.8) is 0 Å². The van der Waals surface area contributed by atoms with E-state index in [1.807, 2.05) is 60.7 Å². The molecule has 0 saturated heterocycles. The molecule has 8 heteroatoms. The Hall–Kier alpha value is -4.01. The lowest BCUT2D eigenvalue weighted by molar-refractivity contribution is 0.483. The minimum atomic E-state index is -4.38. The van der Waals surface area contributed by atoms with Crippen molar-refractivity contribution < 1.29 is 13.0 Å². The highest BCUT2D eigenvalue weighted by atomic mass is 32.2. The molecule has 4 aromatic carbocycles. The van der Waals surface area contributed by atoms with Gasteiger partial charge >= 0.3 is 0 Å². The Morgan fingerprint density at radius 1 is 0.875 bits per heavy atom. The summed E-state index contributed by atoms with van der Waals surface area (Å²) in [7, 11) is -4.38. The van der Waals surface area contributed by atoms with E-state index in [9.17, 15) is 13.0 Å². The summed E-state index contributed by atoms with van der Waals surface area (Å²) in [5.41, 5.74) is 9.54. The van der Waals surface area contributed by atoms with Crippen molar-refractivity contribution in [3.05, 3.63) is 90.0 Å². The Morgan fingerprint density at radius 2 is 1.66 bits per heavy atom. The average molecular weight is 443 g/mol. The van der Waals surface area contributed by atoms with Crippen LogP contribution < -0.4 is 5.73 Å². The van der Waals surface area contributed by atoms with Gasteiger partial charge in [0, 0.05) is 11.1 Å². The standard InChI is InChI=1S/C24H18N4O3S/c25-19-11-9-18(23(15-19)32(29,30)31)8-5-16-6-12-20(13-7-16)28-26-22-14-10-17-3-1-2-4-21(17)24(22)27-28/h1-15H,25H2,(H,29,30,31)/b8-5+. The Kier molecular flexibility index (Phi) is 4.73. The third-order valence-corrected chi connectivity index (χ3v) is 6.08. The smallest absolute Gasteiger partial charge is 0.295 e. The van der Waals surface area contributed by atoms with E-state index >= 15 is 0 Å². The Balaban J connectivity index is 1.46. The molecular weight excluding hydrogens is 424 g/mol. The molecule has 0 bridgehead atoms. The second kappa shape index (κ2) is 7.60.